The lowest BCUT2D eigenvalue weighted by Crippen LogP contribution is -2.53. The third-order valence-electron chi connectivity index (χ3n) is 3.64. The molecule has 2 aliphatic rings. The molecule has 2 aliphatic heterocycles. The average Bonchev–Trinajstić information content (AvgIpc) is 2.81. The summed E-state index contributed by atoms with van der Waals surface area (Å²) in [5, 5.41) is 0.222. The Balaban J connectivity index is 0.00000144. The average molecular weight is 279 g/mol. The number of rotatable bonds is 2. The minimum Gasteiger partial charge on any atom is -0.337 e. The molecule has 0 spiro atoms. The SMILES string of the molecule is CC(N)C1CCCCN1C(=O)C1CCCS1.Cl. The standard InChI is InChI=1S/C12H22N2OS.ClH/c1-9(13)10-5-2-3-7-14(10)12(15)11-6-4-8-16-11;/h9-11H,2-8,13H2,1H3;1H. The highest BCUT2D eigenvalue weighted by Crippen LogP contribution is 2.30. The van der Waals surface area contributed by atoms with E-state index in [1.807, 2.05) is 18.7 Å². The van der Waals surface area contributed by atoms with Crippen LogP contribution < -0.4 is 5.73 Å². The summed E-state index contributed by atoms with van der Waals surface area (Å²) in [6.45, 7) is 2.94. The first-order valence-electron chi connectivity index (χ1n) is 6.38. The van der Waals surface area contributed by atoms with Crippen LogP contribution in [0.5, 0.6) is 0 Å². The Morgan fingerprint density at radius 2 is 2.12 bits per heavy atom. The molecule has 0 bridgehead atoms. The first-order valence-corrected chi connectivity index (χ1v) is 7.42. The lowest BCUT2D eigenvalue weighted by Gasteiger charge is -2.39. The molecule has 100 valence electrons. The molecule has 3 atom stereocenters. The Kier molecular flexibility index (Phi) is 6.10. The lowest BCUT2D eigenvalue weighted by atomic mass is 9.96. The van der Waals surface area contributed by atoms with Gasteiger partial charge >= 0.3 is 0 Å². The Hall–Kier alpha value is 0.0700. The smallest absolute Gasteiger partial charge is 0.235 e. The molecule has 2 fully saturated rings. The third kappa shape index (κ3) is 3.52. The Morgan fingerprint density at radius 3 is 2.71 bits per heavy atom. The number of carbonyl (C=O) groups excluding carboxylic acids is 1. The van der Waals surface area contributed by atoms with E-state index in [9.17, 15) is 4.79 Å². The molecule has 1 amide bonds. The summed E-state index contributed by atoms with van der Waals surface area (Å²) in [5.41, 5.74) is 5.99. The normalized spacial score (nSPS) is 30.8. The summed E-state index contributed by atoms with van der Waals surface area (Å²) in [6, 6.07) is 0.387. The Labute approximate surface area is 114 Å². The van der Waals surface area contributed by atoms with E-state index in [1.54, 1.807) is 0 Å². The van der Waals surface area contributed by atoms with Gasteiger partial charge in [-0.1, -0.05) is 0 Å². The molecule has 0 radical (unpaired) electrons. The zero-order valence-corrected chi connectivity index (χ0v) is 12.1. The van der Waals surface area contributed by atoms with Crippen molar-refractivity contribution in [1.29, 1.82) is 0 Å². The monoisotopic (exact) mass is 278 g/mol. The fourth-order valence-electron chi connectivity index (χ4n) is 2.74. The van der Waals surface area contributed by atoms with Crippen LogP contribution >= 0.6 is 24.2 Å². The van der Waals surface area contributed by atoms with Gasteiger partial charge in [0.05, 0.1) is 5.25 Å². The molecule has 5 heteroatoms. The number of piperidine rings is 1. The number of halogens is 1. The Bertz CT molecular complexity index is 257. The molecule has 0 aromatic carbocycles. The molecule has 2 saturated heterocycles. The van der Waals surface area contributed by atoms with Crippen LogP contribution in [0.3, 0.4) is 0 Å². The number of nitrogens with two attached hydrogens (primary N) is 1. The summed E-state index contributed by atoms with van der Waals surface area (Å²) in [4.78, 5) is 14.4. The molecule has 0 saturated carbocycles. The van der Waals surface area contributed by atoms with Crippen molar-refractivity contribution in [2.45, 2.75) is 56.4 Å². The number of hydrogen-bond donors (Lipinski definition) is 1. The fourth-order valence-corrected chi connectivity index (χ4v) is 3.96. The van der Waals surface area contributed by atoms with Gasteiger partial charge < -0.3 is 10.6 Å². The van der Waals surface area contributed by atoms with Crippen LogP contribution in [0.2, 0.25) is 0 Å². The zero-order chi connectivity index (χ0) is 11.5. The number of hydrogen-bond acceptors (Lipinski definition) is 3. The predicted molar refractivity (Wildman–Crippen MR) is 75.7 cm³/mol. The molecular weight excluding hydrogens is 256 g/mol. The summed E-state index contributed by atoms with van der Waals surface area (Å²) in [6.07, 6.45) is 5.70. The molecule has 0 aromatic rings. The van der Waals surface area contributed by atoms with E-state index >= 15 is 0 Å². The number of thioether (sulfide) groups is 1. The van der Waals surface area contributed by atoms with E-state index < -0.39 is 0 Å². The van der Waals surface area contributed by atoms with Crippen molar-refractivity contribution in [3.8, 4) is 0 Å². The van der Waals surface area contributed by atoms with Gasteiger partial charge in [0.1, 0.15) is 0 Å². The maximum atomic E-state index is 12.4. The van der Waals surface area contributed by atoms with Crippen molar-refractivity contribution < 1.29 is 4.79 Å². The second-order valence-corrected chi connectivity index (χ2v) is 6.27. The van der Waals surface area contributed by atoms with Crippen molar-refractivity contribution in [1.82, 2.24) is 4.90 Å². The molecule has 0 aliphatic carbocycles. The van der Waals surface area contributed by atoms with Gasteiger partial charge in [0.15, 0.2) is 0 Å². The minimum atomic E-state index is 0. The number of likely N-dealkylation sites (tertiary alicyclic amines) is 1. The molecule has 2 N–H and O–H groups in total. The maximum Gasteiger partial charge on any atom is 0.235 e. The first-order chi connectivity index (χ1) is 7.70. The third-order valence-corrected chi connectivity index (χ3v) is 5.01. The minimum absolute atomic E-state index is 0. The van der Waals surface area contributed by atoms with Gasteiger partial charge in [0.2, 0.25) is 5.91 Å². The van der Waals surface area contributed by atoms with Crippen LogP contribution in [0.1, 0.15) is 39.0 Å². The van der Waals surface area contributed by atoms with Gasteiger partial charge in [-0.15, -0.1) is 24.2 Å². The van der Waals surface area contributed by atoms with E-state index in [2.05, 4.69) is 4.90 Å². The van der Waals surface area contributed by atoms with Crippen molar-refractivity contribution in [3.63, 3.8) is 0 Å². The summed E-state index contributed by atoms with van der Waals surface area (Å²) < 4.78 is 0. The van der Waals surface area contributed by atoms with Crippen LogP contribution in [0, 0.1) is 0 Å². The molecule has 2 heterocycles. The number of carbonyl (C=O) groups is 1. The maximum absolute atomic E-state index is 12.4. The van der Waals surface area contributed by atoms with Gasteiger partial charge in [-0.3, -0.25) is 4.79 Å². The van der Waals surface area contributed by atoms with Crippen LogP contribution in [-0.4, -0.2) is 40.4 Å². The van der Waals surface area contributed by atoms with Crippen LogP contribution in [0.15, 0.2) is 0 Å². The molecule has 3 nitrogen and oxygen atoms in total. The molecule has 0 aromatic heterocycles. The highest BCUT2D eigenvalue weighted by Gasteiger charge is 2.34. The molecule has 2 rings (SSSR count). The summed E-state index contributed by atoms with van der Waals surface area (Å²) >= 11 is 1.83. The van der Waals surface area contributed by atoms with Gasteiger partial charge in [0.25, 0.3) is 0 Å². The van der Waals surface area contributed by atoms with Gasteiger partial charge in [-0.05, 0) is 44.8 Å². The van der Waals surface area contributed by atoms with Gasteiger partial charge in [-0.2, -0.15) is 0 Å². The largest absolute Gasteiger partial charge is 0.337 e. The van der Waals surface area contributed by atoms with Crippen molar-refractivity contribution >= 4 is 30.1 Å². The van der Waals surface area contributed by atoms with Crippen LogP contribution in [0.25, 0.3) is 0 Å². The second kappa shape index (κ2) is 6.86. The van der Waals surface area contributed by atoms with Crippen molar-refractivity contribution in [2.24, 2.45) is 5.73 Å². The number of nitrogens with zero attached hydrogens (tertiary/aromatic N) is 1. The highest BCUT2D eigenvalue weighted by molar-refractivity contribution is 8.00. The zero-order valence-electron chi connectivity index (χ0n) is 10.4. The fraction of sp³-hybridized carbons (Fsp3) is 0.917. The van der Waals surface area contributed by atoms with Gasteiger partial charge in [0, 0.05) is 18.6 Å². The highest BCUT2D eigenvalue weighted by atomic mass is 35.5. The molecule has 3 unspecified atom stereocenters. The molecular formula is C12H23ClN2OS. The first kappa shape index (κ1) is 15.1. The van der Waals surface area contributed by atoms with Crippen molar-refractivity contribution in [3.05, 3.63) is 0 Å². The van der Waals surface area contributed by atoms with E-state index in [1.165, 1.54) is 12.8 Å². The predicted octanol–water partition coefficient (Wildman–Crippen LogP) is 2.03. The summed E-state index contributed by atoms with van der Waals surface area (Å²) in [5.74, 6) is 1.50. The van der Waals surface area contributed by atoms with E-state index in [4.69, 9.17) is 5.73 Å². The topological polar surface area (TPSA) is 46.3 Å². The quantitative estimate of drug-likeness (QED) is 0.841. The lowest BCUT2D eigenvalue weighted by molar-refractivity contribution is -0.134. The van der Waals surface area contributed by atoms with E-state index in [0.717, 1.165) is 31.6 Å². The Morgan fingerprint density at radius 1 is 1.35 bits per heavy atom. The molecule has 17 heavy (non-hydrogen) atoms. The van der Waals surface area contributed by atoms with Gasteiger partial charge in [-0.25, -0.2) is 0 Å². The summed E-state index contributed by atoms with van der Waals surface area (Å²) in [7, 11) is 0. The van der Waals surface area contributed by atoms with E-state index in [-0.39, 0.29) is 29.7 Å². The van der Waals surface area contributed by atoms with E-state index in [0.29, 0.717) is 5.91 Å². The van der Waals surface area contributed by atoms with Crippen LogP contribution in [-0.2, 0) is 4.79 Å². The van der Waals surface area contributed by atoms with Crippen LogP contribution in [0.4, 0.5) is 0 Å². The number of amides is 1. The second-order valence-electron chi connectivity index (χ2n) is 4.96. The van der Waals surface area contributed by atoms with Crippen molar-refractivity contribution in [2.75, 3.05) is 12.3 Å².